The van der Waals surface area contributed by atoms with Crippen LogP contribution >= 0.6 is 0 Å². The van der Waals surface area contributed by atoms with Gasteiger partial charge in [-0.3, -0.25) is 4.79 Å². The van der Waals surface area contributed by atoms with Crippen LogP contribution in [0.5, 0.6) is 0 Å². The van der Waals surface area contributed by atoms with Crippen LogP contribution in [-0.2, 0) is 16.8 Å². The zero-order valence-corrected chi connectivity index (χ0v) is 13.9. The highest BCUT2D eigenvalue weighted by Gasteiger charge is 2.49. The third-order valence-electron chi connectivity index (χ3n) is 5.18. The molecule has 0 spiro atoms. The number of aromatic nitrogens is 1. The van der Waals surface area contributed by atoms with E-state index in [1.54, 1.807) is 6.20 Å². The molecule has 122 valence electrons. The van der Waals surface area contributed by atoms with Crippen LogP contribution in [0.3, 0.4) is 0 Å². The lowest BCUT2D eigenvalue weighted by atomic mass is 9.67. The molecule has 2 aliphatic rings. The molecule has 2 atom stereocenters. The van der Waals surface area contributed by atoms with Gasteiger partial charge in [-0.1, -0.05) is 33.6 Å². The summed E-state index contributed by atoms with van der Waals surface area (Å²) in [6, 6.07) is 0. The van der Waals surface area contributed by atoms with E-state index >= 15 is 0 Å². The van der Waals surface area contributed by atoms with Crippen LogP contribution in [0.25, 0.3) is 0 Å². The van der Waals surface area contributed by atoms with Crippen molar-refractivity contribution in [2.45, 2.75) is 58.4 Å². The molecule has 5 heteroatoms. The van der Waals surface area contributed by atoms with Gasteiger partial charge < -0.3 is 15.1 Å². The zero-order chi connectivity index (χ0) is 15.8. The predicted octanol–water partition coefficient (Wildman–Crippen LogP) is 2.37. The molecule has 1 saturated carbocycles. The maximum atomic E-state index is 12.8. The lowest BCUT2D eigenvalue weighted by Gasteiger charge is -2.36. The van der Waals surface area contributed by atoms with Gasteiger partial charge in [0.25, 0.3) is 0 Å². The van der Waals surface area contributed by atoms with E-state index in [-0.39, 0.29) is 16.7 Å². The van der Waals surface area contributed by atoms with Crippen molar-refractivity contribution >= 4 is 5.91 Å². The molecule has 1 aromatic rings. The Morgan fingerprint density at radius 2 is 2.32 bits per heavy atom. The quantitative estimate of drug-likeness (QED) is 0.899. The van der Waals surface area contributed by atoms with Crippen LogP contribution in [-0.4, -0.2) is 24.0 Å². The maximum absolute atomic E-state index is 12.8. The molecule has 0 bridgehead atoms. The molecule has 1 saturated heterocycles. The third kappa shape index (κ3) is 2.78. The smallest absolute Gasteiger partial charge is 0.228 e. The van der Waals surface area contributed by atoms with E-state index in [2.05, 4.69) is 36.4 Å². The van der Waals surface area contributed by atoms with Gasteiger partial charge in [0, 0.05) is 12.0 Å². The monoisotopic (exact) mass is 305 g/mol. The van der Waals surface area contributed by atoms with E-state index in [0.29, 0.717) is 18.4 Å². The molecule has 2 heterocycles. The topological polar surface area (TPSA) is 67.2 Å². The summed E-state index contributed by atoms with van der Waals surface area (Å²) in [6.45, 7) is 8.43. The Bertz CT molecular complexity index is 546. The number of fused-ring (bicyclic) bond motifs is 1. The van der Waals surface area contributed by atoms with Gasteiger partial charge in [-0.25, -0.2) is 4.98 Å². The Kier molecular flexibility index (Phi) is 4.02. The number of amides is 1. The van der Waals surface area contributed by atoms with Crippen LogP contribution < -0.4 is 10.6 Å². The van der Waals surface area contributed by atoms with Crippen molar-refractivity contribution in [3.8, 4) is 0 Å². The molecule has 5 nitrogen and oxygen atoms in total. The second-order valence-corrected chi connectivity index (χ2v) is 7.78. The number of rotatable bonds is 3. The van der Waals surface area contributed by atoms with Crippen LogP contribution in [0.4, 0.5) is 0 Å². The van der Waals surface area contributed by atoms with Gasteiger partial charge in [0.1, 0.15) is 5.76 Å². The summed E-state index contributed by atoms with van der Waals surface area (Å²) in [5.74, 6) is 2.09. The van der Waals surface area contributed by atoms with Crippen molar-refractivity contribution in [2.24, 2.45) is 11.3 Å². The Morgan fingerprint density at radius 3 is 3.05 bits per heavy atom. The first kappa shape index (κ1) is 15.5. The molecule has 2 N–H and O–H groups in total. The van der Waals surface area contributed by atoms with Gasteiger partial charge >= 0.3 is 0 Å². The number of hydrogen-bond donors (Lipinski definition) is 2. The lowest BCUT2D eigenvalue weighted by molar-refractivity contribution is -0.134. The van der Waals surface area contributed by atoms with Crippen LogP contribution in [0.15, 0.2) is 10.6 Å². The minimum Gasteiger partial charge on any atom is -0.443 e. The van der Waals surface area contributed by atoms with Crippen molar-refractivity contribution in [3.63, 3.8) is 0 Å². The first-order valence-corrected chi connectivity index (χ1v) is 8.36. The molecule has 3 rings (SSSR count). The average molecular weight is 305 g/mol. The fourth-order valence-corrected chi connectivity index (χ4v) is 3.76. The van der Waals surface area contributed by atoms with Crippen LogP contribution in [0.2, 0.25) is 0 Å². The van der Waals surface area contributed by atoms with E-state index in [1.807, 2.05) is 0 Å². The largest absolute Gasteiger partial charge is 0.443 e. The second kappa shape index (κ2) is 5.69. The normalized spacial score (nSPS) is 28.4. The van der Waals surface area contributed by atoms with E-state index < -0.39 is 0 Å². The minimum atomic E-state index is -0.211. The number of hydrogen-bond acceptors (Lipinski definition) is 4. The van der Waals surface area contributed by atoms with Crippen molar-refractivity contribution < 1.29 is 9.21 Å². The minimum absolute atomic E-state index is 0.0578. The van der Waals surface area contributed by atoms with Crippen molar-refractivity contribution in [1.29, 1.82) is 0 Å². The molecule has 0 aromatic carbocycles. The van der Waals surface area contributed by atoms with E-state index in [4.69, 9.17) is 4.42 Å². The standard InChI is InChI=1S/C17H27N3O2/c1-16(2,3)13-9-19-14(22-13)10-20-15(21)17-7-5-4-6-12(17)8-18-11-17/h9,12,18H,4-8,10-11H2,1-3H3,(H,20,21)/t12-,17+/m0/s1. The van der Waals surface area contributed by atoms with E-state index in [9.17, 15) is 4.79 Å². The molecule has 1 aromatic heterocycles. The summed E-state index contributed by atoms with van der Waals surface area (Å²) in [5, 5.41) is 6.47. The Hall–Kier alpha value is -1.36. The summed E-state index contributed by atoms with van der Waals surface area (Å²) in [6.07, 6.45) is 6.32. The van der Waals surface area contributed by atoms with E-state index in [0.717, 1.165) is 38.1 Å². The third-order valence-corrected chi connectivity index (χ3v) is 5.18. The molecule has 0 unspecified atom stereocenters. The summed E-state index contributed by atoms with van der Waals surface area (Å²) >= 11 is 0. The van der Waals surface area contributed by atoms with Gasteiger partial charge in [0.2, 0.25) is 11.8 Å². The summed E-state index contributed by atoms with van der Waals surface area (Å²) in [4.78, 5) is 17.0. The number of carbonyl (C=O) groups is 1. The Balaban J connectivity index is 1.63. The molecule has 0 radical (unpaired) electrons. The van der Waals surface area contributed by atoms with Crippen LogP contribution in [0.1, 0.15) is 58.1 Å². The molecular weight excluding hydrogens is 278 g/mol. The molecule has 1 aliphatic carbocycles. The SMILES string of the molecule is CC(C)(C)c1cnc(CNC(=O)[C@@]23CCCC[C@H]2CNC3)o1. The molecular formula is C17H27N3O2. The van der Waals surface area contributed by atoms with Gasteiger partial charge in [-0.2, -0.15) is 0 Å². The highest BCUT2D eigenvalue weighted by Crippen LogP contribution is 2.43. The molecule has 2 fully saturated rings. The van der Waals surface area contributed by atoms with Gasteiger partial charge in [0.05, 0.1) is 18.2 Å². The molecule has 22 heavy (non-hydrogen) atoms. The average Bonchev–Trinajstić information content (AvgIpc) is 3.11. The van der Waals surface area contributed by atoms with Gasteiger partial charge in [0.15, 0.2) is 0 Å². The van der Waals surface area contributed by atoms with Gasteiger partial charge in [-0.15, -0.1) is 0 Å². The second-order valence-electron chi connectivity index (χ2n) is 7.78. The number of nitrogens with one attached hydrogen (secondary N) is 2. The summed E-state index contributed by atoms with van der Waals surface area (Å²) in [7, 11) is 0. The summed E-state index contributed by atoms with van der Waals surface area (Å²) in [5.41, 5.74) is -0.268. The van der Waals surface area contributed by atoms with E-state index in [1.165, 1.54) is 6.42 Å². The highest BCUT2D eigenvalue weighted by molar-refractivity contribution is 5.83. The highest BCUT2D eigenvalue weighted by atomic mass is 16.4. The molecule has 1 aliphatic heterocycles. The molecule has 1 amide bonds. The fourth-order valence-electron chi connectivity index (χ4n) is 3.76. The zero-order valence-electron chi connectivity index (χ0n) is 13.9. The van der Waals surface area contributed by atoms with Crippen molar-refractivity contribution in [2.75, 3.05) is 13.1 Å². The van der Waals surface area contributed by atoms with Crippen LogP contribution in [0, 0.1) is 11.3 Å². The number of oxazole rings is 1. The van der Waals surface area contributed by atoms with Crippen molar-refractivity contribution in [3.05, 3.63) is 17.8 Å². The number of nitrogens with zero attached hydrogens (tertiary/aromatic N) is 1. The lowest BCUT2D eigenvalue weighted by Crippen LogP contribution is -2.47. The van der Waals surface area contributed by atoms with Crippen molar-refractivity contribution in [1.82, 2.24) is 15.6 Å². The first-order chi connectivity index (χ1) is 10.4. The first-order valence-electron chi connectivity index (χ1n) is 8.36. The fraction of sp³-hybridized carbons (Fsp3) is 0.765. The maximum Gasteiger partial charge on any atom is 0.228 e. The summed E-state index contributed by atoms with van der Waals surface area (Å²) < 4.78 is 5.75. The Labute approximate surface area is 132 Å². The predicted molar refractivity (Wildman–Crippen MR) is 84.3 cm³/mol. The van der Waals surface area contributed by atoms with Gasteiger partial charge in [-0.05, 0) is 25.3 Å². The number of carbonyl (C=O) groups excluding carboxylic acids is 1. The Morgan fingerprint density at radius 1 is 1.50 bits per heavy atom.